The third kappa shape index (κ3) is 4.60. The minimum atomic E-state index is -0.0329. The summed E-state index contributed by atoms with van der Waals surface area (Å²) in [6, 6.07) is 7.42. The summed E-state index contributed by atoms with van der Waals surface area (Å²) in [4.78, 5) is 12.3. The van der Waals surface area contributed by atoms with E-state index in [-0.39, 0.29) is 5.91 Å². The van der Waals surface area contributed by atoms with Crippen molar-refractivity contribution in [1.82, 2.24) is 9.78 Å². The molecule has 0 aliphatic rings. The minimum absolute atomic E-state index is 0.0329. The number of hydrogen-bond acceptors (Lipinski definition) is 3. The van der Waals surface area contributed by atoms with E-state index in [1.807, 2.05) is 49.7 Å². The molecule has 1 N–H and O–H groups in total. The molecule has 0 radical (unpaired) electrons. The van der Waals surface area contributed by atoms with Gasteiger partial charge in [0.05, 0.1) is 18.7 Å². The lowest BCUT2D eigenvalue weighted by Gasteiger charge is -2.09. The van der Waals surface area contributed by atoms with Crippen molar-refractivity contribution < 1.29 is 9.53 Å². The molecule has 130 valence electrons. The largest absolute Gasteiger partial charge is 0.494 e. The van der Waals surface area contributed by atoms with E-state index in [2.05, 4.69) is 24.3 Å². The van der Waals surface area contributed by atoms with E-state index in [0.29, 0.717) is 18.9 Å². The normalized spacial score (nSPS) is 10.9. The van der Waals surface area contributed by atoms with Crippen LogP contribution in [0.1, 0.15) is 37.7 Å². The Bertz CT molecular complexity index is 687. The average Bonchev–Trinajstić information content (AvgIpc) is 2.76. The summed E-state index contributed by atoms with van der Waals surface area (Å²) in [6.45, 7) is 11.8. The minimum Gasteiger partial charge on any atom is -0.494 e. The Morgan fingerprint density at radius 2 is 1.92 bits per heavy atom. The molecule has 0 unspecified atom stereocenters. The third-order valence-corrected chi connectivity index (χ3v) is 3.86. The van der Waals surface area contributed by atoms with Crippen LogP contribution in [0.25, 0.3) is 0 Å². The smallest absolute Gasteiger partial charge is 0.228 e. The van der Waals surface area contributed by atoms with Gasteiger partial charge in [0.1, 0.15) is 5.75 Å². The first-order chi connectivity index (χ1) is 11.4. The second kappa shape index (κ2) is 7.99. The molecule has 0 spiro atoms. The zero-order valence-electron chi connectivity index (χ0n) is 15.2. The summed E-state index contributed by atoms with van der Waals surface area (Å²) in [5.41, 5.74) is 3.78. The highest BCUT2D eigenvalue weighted by atomic mass is 16.5. The summed E-state index contributed by atoms with van der Waals surface area (Å²) in [5.74, 6) is 1.29. The highest BCUT2D eigenvalue weighted by Crippen LogP contribution is 2.18. The number of nitrogens with zero attached hydrogens (tertiary/aromatic N) is 2. The Labute approximate surface area is 144 Å². The molecule has 0 fully saturated rings. The first-order valence-electron chi connectivity index (χ1n) is 8.46. The number of rotatable bonds is 7. The molecule has 0 bridgehead atoms. The van der Waals surface area contributed by atoms with Crippen LogP contribution in [0.4, 0.5) is 5.69 Å². The van der Waals surface area contributed by atoms with Gasteiger partial charge in [0.25, 0.3) is 0 Å². The summed E-state index contributed by atoms with van der Waals surface area (Å²) < 4.78 is 7.40. The number of amides is 1. The van der Waals surface area contributed by atoms with Crippen LogP contribution < -0.4 is 10.1 Å². The van der Waals surface area contributed by atoms with Gasteiger partial charge in [-0.1, -0.05) is 13.8 Å². The molecule has 0 saturated heterocycles. The molecule has 1 aromatic heterocycles. The Kier molecular flexibility index (Phi) is 6.01. The second-order valence-corrected chi connectivity index (χ2v) is 6.41. The molecule has 0 aliphatic carbocycles. The zero-order chi connectivity index (χ0) is 17.7. The fourth-order valence-corrected chi connectivity index (χ4v) is 2.68. The topological polar surface area (TPSA) is 56.1 Å². The van der Waals surface area contributed by atoms with Crippen LogP contribution >= 0.6 is 0 Å². The highest BCUT2D eigenvalue weighted by Gasteiger charge is 2.15. The predicted molar refractivity (Wildman–Crippen MR) is 96.5 cm³/mol. The lowest BCUT2D eigenvalue weighted by molar-refractivity contribution is -0.115. The van der Waals surface area contributed by atoms with Crippen molar-refractivity contribution in [3.63, 3.8) is 0 Å². The Hall–Kier alpha value is -2.30. The molecule has 1 heterocycles. The van der Waals surface area contributed by atoms with Gasteiger partial charge in [0.2, 0.25) is 5.91 Å². The maximum atomic E-state index is 12.3. The third-order valence-electron chi connectivity index (χ3n) is 3.86. The average molecular weight is 329 g/mol. The summed E-state index contributed by atoms with van der Waals surface area (Å²) in [5, 5.41) is 7.50. The van der Waals surface area contributed by atoms with E-state index in [1.165, 1.54) is 0 Å². The maximum Gasteiger partial charge on any atom is 0.228 e. The van der Waals surface area contributed by atoms with Crippen molar-refractivity contribution in [2.75, 3.05) is 11.9 Å². The maximum absolute atomic E-state index is 12.3. The van der Waals surface area contributed by atoms with E-state index in [1.54, 1.807) is 0 Å². The van der Waals surface area contributed by atoms with Crippen molar-refractivity contribution in [2.24, 2.45) is 5.92 Å². The van der Waals surface area contributed by atoms with Crippen LogP contribution in [0.2, 0.25) is 0 Å². The first-order valence-corrected chi connectivity index (χ1v) is 8.46. The van der Waals surface area contributed by atoms with Gasteiger partial charge in [-0.25, -0.2) is 0 Å². The van der Waals surface area contributed by atoms with E-state index in [4.69, 9.17) is 4.74 Å². The zero-order valence-corrected chi connectivity index (χ0v) is 15.2. The molecule has 0 saturated carbocycles. The van der Waals surface area contributed by atoms with E-state index < -0.39 is 0 Å². The quantitative estimate of drug-likeness (QED) is 0.842. The number of carbonyl (C=O) groups excluding carboxylic acids is 1. The number of aromatic nitrogens is 2. The molecule has 0 atom stereocenters. The van der Waals surface area contributed by atoms with E-state index in [0.717, 1.165) is 34.9 Å². The summed E-state index contributed by atoms with van der Waals surface area (Å²) in [7, 11) is 0. The summed E-state index contributed by atoms with van der Waals surface area (Å²) >= 11 is 0. The van der Waals surface area contributed by atoms with Gasteiger partial charge in [-0.05, 0) is 51.0 Å². The Balaban J connectivity index is 2.03. The van der Waals surface area contributed by atoms with Crippen LogP contribution in [-0.4, -0.2) is 22.3 Å². The molecule has 0 aliphatic heterocycles. The molecule has 5 nitrogen and oxygen atoms in total. The highest BCUT2D eigenvalue weighted by molar-refractivity contribution is 5.92. The van der Waals surface area contributed by atoms with Gasteiger partial charge in [-0.2, -0.15) is 5.10 Å². The van der Waals surface area contributed by atoms with Gasteiger partial charge in [-0.15, -0.1) is 0 Å². The van der Waals surface area contributed by atoms with Crippen molar-refractivity contribution in [3.8, 4) is 5.75 Å². The SMILES string of the molecule is CCOc1ccc(NC(=O)Cc2c(C)nn(CC(C)C)c2C)cc1. The standard InChI is InChI=1S/C19H27N3O2/c1-6-24-17-9-7-16(8-10-17)20-19(23)11-18-14(4)21-22(15(18)5)12-13(2)3/h7-10,13H,6,11-12H2,1-5H3,(H,20,23). The molecule has 2 aromatic rings. The van der Waals surface area contributed by atoms with Gasteiger partial charge in [-0.3, -0.25) is 9.48 Å². The van der Waals surface area contributed by atoms with Gasteiger partial charge in [0.15, 0.2) is 0 Å². The number of carbonyl (C=O) groups is 1. The van der Waals surface area contributed by atoms with Gasteiger partial charge >= 0.3 is 0 Å². The Morgan fingerprint density at radius 3 is 2.50 bits per heavy atom. The fourth-order valence-electron chi connectivity index (χ4n) is 2.68. The lowest BCUT2D eigenvalue weighted by Crippen LogP contribution is -2.15. The molecule has 1 aromatic carbocycles. The Morgan fingerprint density at radius 1 is 1.25 bits per heavy atom. The number of nitrogens with one attached hydrogen (secondary N) is 1. The van der Waals surface area contributed by atoms with Crippen LogP contribution in [0.5, 0.6) is 5.75 Å². The van der Waals surface area contributed by atoms with Crippen LogP contribution in [-0.2, 0) is 17.8 Å². The molecule has 24 heavy (non-hydrogen) atoms. The van der Waals surface area contributed by atoms with Gasteiger partial charge in [0, 0.05) is 23.5 Å². The van der Waals surface area contributed by atoms with Gasteiger partial charge < -0.3 is 10.1 Å². The molecule has 1 amide bonds. The second-order valence-electron chi connectivity index (χ2n) is 6.41. The van der Waals surface area contributed by atoms with Crippen molar-refractivity contribution in [2.45, 2.75) is 47.6 Å². The fraction of sp³-hybridized carbons (Fsp3) is 0.474. The molecule has 2 rings (SSSR count). The summed E-state index contributed by atoms with van der Waals surface area (Å²) in [6.07, 6.45) is 0.336. The van der Waals surface area contributed by atoms with E-state index >= 15 is 0 Å². The number of anilines is 1. The predicted octanol–water partition coefficient (Wildman–Crippen LogP) is 3.74. The van der Waals surface area contributed by atoms with Crippen LogP contribution in [0, 0.1) is 19.8 Å². The molecule has 5 heteroatoms. The van der Waals surface area contributed by atoms with Crippen LogP contribution in [0.3, 0.4) is 0 Å². The number of hydrogen-bond donors (Lipinski definition) is 1. The van der Waals surface area contributed by atoms with Crippen molar-refractivity contribution >= 4 is 11.6 Å². The molecular weight excluding hydrogens is 302 g/mol. The lowest BCUT2D eigenvalue weighted by atomic mass is 10.1. The number of ether oxygens (including phenoxy) is 1. The van der Waals surface area contributed by atoms with Crippen LogP contribution in [0.15, 0.2) is 24.3 Å². The number of aryl methyl sites for hydroxylation is 1. The first kappa shape index (κ1) is 18.0. The van der Waals surface area contributed by atoms with Crippen molar-refractivity contribution in [1.29, 1.82) is 0 Å². The van der Waals surface area contributed by atoms with E-state index in [9.17, 15) is 4.79 Å². The molecular formula is C19H27N3O2. The number of benzene rings is 1. The monoisotopic (exact) mass is 329 g/mol. The van der Waals surface area contributed by atoms with Crippen molar-refractivity contribution in [3.05, 3.63) is 41.2 Å².